The topological polar surface area (TPSA) is 25.2 Å². The van der Waals surface area contributed by atoms with Crippen molar-refractivity contribution in [1.29, 1.82) is 0 Å². The largest absolute Gasteiger partial charge is 0.452 e. The van der Waals surface area contributed by atoms with Gasteiger partial charge in [0.1, 0.15) is 11.6 Å². The van der Waals surface area contributed by atoms with Crippen LogP contribution >= 0.6 is 31.9 Å². The second-order valence-electron chi connectivity index (χ2n) is 3.84. The molecular weight excluding hydrogens is 365 g/mol. The summed E-state index contributed by atoms with van der Waals surface area (Å²) in [5.41, 5.74) is 0.825. The zero-order valence-corrected chi connectivity index (χ0v) is 12.9. The van der Waals surface area contributed by atoms with Gasteiger partial charge in [0.05, 0.1) is 6.04 Å². The van der Waals surface area contributed by atoms with Gasteiger partial charge in [-0.25, -0.2) is 4.39 Å². The van der Waals surface area contributed by atoms with Crippen molar-refractivity contribution in [3.8, 4) is 0 Å². The van der Waals surface area contributed by atoms with E-state index >= 15 is 0 Å². The van der Waals surface area contributed by atoms with E-state index in [0.717, 1.165) is 17.9 Å². The van der Waals surface area contributed by atoms with Crippen molar-refractivity contribution in [2.75, 3.05) is 6.54 Å². The fourth-order valence-corrected chi connectivity index (χ4v) is 2.61. The zero-order valence-electron chi connectivity index (χ0n) is 9.71. The summed E-state index contributed by atoms with van der Waals surface area (Å²) < 4.78 is 20.4. The molecule has 0 aliphatic rings. The molecule has 1 heterocycles. The van der Waals surface area contributed by atoms with Crippen LogP contribution in [0.5, 0.6) is 0 Å². The maximum Gasteiger partial charge on any atom is 0.169 e. The molecular formula is C13H12Br2FNO. The molecule has 0 fully saturated rings. The molecule has 1 N–H and O–H groups in total. The highest BCUT2D eigenvalue weighted by molar-refractivity contribution is 9.10. The van der Waals surface area contributed by atoms with Crippen molar-refractivity contribution < 1.29 is 8.81 Å². The molecule has 0 amide bonds. The van der Waals surface area contributed by atoms with E-state index in [4.69, 9.17) is 4.42 Å². The van der Waals surface area contributed by atoms with Gasteiger partial charge in [-0.2, -0.15) is 0 Å². The van der Waals surface area contributed by atoms with E-state index in [0.29, 0.717) is 9.14 Å². The van der Waals surface area contributed by atoms with E-state index in [1.54, 1.807) is 0 Å². The summed E-state index contributed by atoms with van der Waals surface area (Å²) in [6.45, 7) is 2.76. The van der Waals surface area contributed by atoms with Gasteiger partial charge >= 0.3 is 0 Å². The normalized spacial score (nSPS) is 12.7. The first-order chi connectivity index (χ1) is 8.60. The van der Waals surface area contributed by atoms with Crippen molar-refractivity contribution in [2.24, 2.45) is 0 Å². The third-order valence-corrected chi connectivity index (χ3v) is 3.39. The minimum absolute atomic E-state index is 0.159. The van der Waals surface area contributed by atoms with Crippen molar-refractivity contribution in [2.45, 2.75) is 13.0 Å². The predicted octanol–water partition coefficient (Wildman–Crippen LogP) is 4.64. The van der Waals surface area contributed by atoms with Crippen LogP contribution in [0.3, 0.4) is 0 Å². The number of benzene rings is 1. The SMILES string of the molecule is CCNC(c1cc(F)cc(Br)c1)c1ccc(Br)o1. The summed E-state index contributed by atoms with van der Waals surface area (Å²) >= 11 is 6.58. The molecule has 0 aliphatic carbocycles. The second-order valence-corrected chi connectivity index (χ2v) is 5.53. The molecule has 5 heteroatoms. The van der Waals surface area contributed by atoms with E-state index in [1.165, 1.54) is 12.1 Å². The Balaban J connectivity index is 2.40. The number of hydrogen-bond acceptors (Lipinski definition) is 2. The fourth-order valence-electron chi connectivity index (χ4n) is 1.81. The van der Waals surface area contributed by atoms with E-state index in [2.05, 4.69) is 37.2 Å². The van der Waals surface area contributed by atoms with Gasteiger partial charge in [-0.05, 0) is 58.4 Å². The Morgan fingerprint density at radius 2 is 2.06 bits per heavy atom. The Kier molecular flexibility index (Phi) is 4.59. The molecule has 2 aromatic rings. The first-order valence-electron chi connectivity index (χ1n) is 5.54. The van der Waals surface area contributed by atoms with Crippen LogP contribution in [0.2, 0.25) is 0 Å². The third kappa shape index (κ3) is 3.22. The number of nitrogens with one attached hydrogen (secondary N) is 1. The predicted molar refractivity (Wildman–Crippen MR) is 76.0 cm³/mol. The van der Waals surface area contributed by atoms with E-state index in [1.807, 2.05) is 25.1 Å². The van der Waals surface area contributed by atoms with Gasteiger partial charge in [0.2, 0.25) is 0 Å². The van der Waals surface area contributed by atoms with Crippen LogP contribution < -0.4 is 5.32 Å². The van der Waals surface area contributed by atoms with Crippen molar-refractivity contribution in [3.63, 3.8) is 0 Å². The average molecular weight is 377 g/mol. The van der Waals surface area contributed by atoms with Crippen LogP contribution in [-0.2, 0) is 0 Å². The first-order valence-corrected chi connectivity index (χ1v) is 7.13. The van der Waals surface area contributed by atoms with Gasteiger partial charge in [0.15, 0.2) is 4.67 Å². The lowest BCUT2D eigenvalue weighted by molar-refractivity contribution is 0.436. The molecule has 2 nitrogen and oxygen atoms in total. The van der Waals surface area contributed by atoms with Crippen LogP contribution in [0, 0.1) is 5.82 Å². The number of furan rings is 1. The monoisotopic (exact) mass is 375 g/mol. The molecule has 0 saturated heterocycles. The lowest BCUT2D eigenvalue weighted by Crippen LogP contribution is -2.21. The van der Waals surface area contributed by atoms with Gasteiger partial charge in [0.25, 0.3) is 0 Å². The standard InChI is InChI=1S/C13H12Br2FNO/c1-2-17-13(11-3-4-12(15)18-11)8-5-9(14)7-10(16)6-8/h3-7,13,17H,2H2,1H3. The summed E-state index contributed by atoms with van der Waals surface area (Å²) in [6.07, 6.45) is 0. The van der Waals surface area contributed by atoms with Gasteiger partial charge in [-0.1, -0.05) is 22.9 Å². The highest BCUT2D eigenvalue weighted by Crippen LogP contribution is 2.28. The number of halogens is 3. The van der Waals surface area contributed by atoms with Crippen LogP contribution in [0.1, 0.15) is 24.3 Å². The summed E-state index contributed by atoms with van der Waals surface area (Å²) in [5.74, 6) is 0.481. The molecule has 1 atom stereocenters. The van der Waals surface area contributed by atoms with Crippen LogP contribution in [-0.4, -0.2) is 6.54 Å². The fraction of sp³-hybridized carbons (Fsp3) is 0.231. The summed E-state index contributed by atoms with van der Waals surface area (Å²) in [7, 11) is 0. The highest BCUT2D eigenvalue weighted by atomic mass is 79.9. The summed E-state index contributed by atoms with van der Waals surface area (Å²) in [5, 5.41) is 3.28. The van der Waals surface area contributed by atoms with Gasteiger partial charge < -0.3 is 9.73 Å². The Hall–Kier alpha value is -0.650. The lowest BCUT2D eigenvalue weighted by atomic mass is 10.0. The minimum atomic E-state index is -0.270. The lowest BCUT2D eigenvalue weighted by Gasteiger charge is -2.16. The van der Waals surface area contributed by atoms with E-state index in [-0.39, 0.29) is 11.9 Å². The summed E-state index contributed by atoms with van der Waals surface area (Å²) in [6, 6.07) is 8.36. The number of rotatable bonds is 4. The van der Waals surface area contributed by atoms with Crippen molar-refractivity contribution in [1.82, 2.24) is 5.32 Å². The average Bonchev–Trinajstić information content (AvgIpc) is 2.71. The molecule has 0 radical (unpaired) electrons. The van der Waals surface area contributed by atoms with Crippen LogP contribution in [0.25, 0.3) is 0 Å². The molecule has 1 aromatic heterocycles. The maximum atomic E-state index is 13.5. The molecule has 18 heavy (non-hydrogen) atoms. The molecule has 0 spiro atoms. The Morgan fingerprint density at radius 1 is 1.28 bits per heavy atom. The van der Waals surface area contributed by atoms with Crippen LogP contribution in [0.15, 0.2) is 43.9 Å². The molecule has 0 aliphatic heterocycles. The molecule has 0 bridgehead atoms. The molecule has 1 unspecified atom stereocenters. The summed E-state index contributed by atoms with van der Waals surface area (Å²) in [4.78, 5) is 0. The molecule has 2 rings (SSSR count). The highest BCUT2D eigenvalue weighted by Gasteiger charge is 2.17. The van der Waals surface area contributed by atoms with Crippen molar-refractivity contribution >= 4 is 31.9 Å². The third-order valence-electron chi connectivity index (χ3n) is 2.50. The van der Waals surface area contributed by atoms with Gasteiger partial charge in [0, 0.05) is 4.47 Å². The van der Waals surface area contributed by atoms with Crippen molar-refractivity contribution in [3.05, 3.63) is 56.6 Å². The van der Waals surface area contributed by atoms with Crippen LogP contribution in [0.4, 0.5) is 4.39 Å². The van der Waals surface area contributed by atoms with Gasteiger partial charge in [-0.3, -0.25) is 0 Å². The Morgan fingerprint density at radius 3 is 2.61 bits per heavy atom. The van der Waals surface area contributed by atoms with Gasteiger partial charge in [-0.15, -0.1) is 0 Å². The molecule has 1 aromatic carbocycles. The van der Waals surface area contributed by atoms with E-state index < -0.39 is 0 Å². The zero-order chi connectivity index (χ0) is 13.1. The first kappa shape index (κ1) is 13.8. The maximum absolute atomic E-state index is 13.5. The second kappa shape index (κ2) is 5.99. The Labute approximate surface area is 122 Å². The van der Waals surface area contributed by atoms with E-state index in [9.17, 15) is 4.39 Å². The Bertz CT molecular complexity index is 521. The minimum Gasteiger partial charge on any atom is -0.452 e. The molecule has 0 saturated carbocycles. The number of hydrogen-bond donors (Lipinski definition) is 1. The molecule has 96 valence electrons. The smallest absolute Gasteiger partial charge is 0.169 e. The quantitative estimate of drug-likeness (QED) is 0.840.